The van der Waals surface area contributed by atoms with Gasteiger partial charge in [-0.2, -0.15) is 0 Å². The van der Waals surface area contributed by atoms with Crippen LogP contribution in [0.4, 0.5) is 5.69 Å². The molecule has 0 bridgehead atoms. The fourth-order valence-corrected chi connectivity index (χ4v) is 4.70. The van der Waals surface area contributed by atoms with Crippen molar-refractivity contribution in [3.05, 3.63) is 71.1 Å². The fraction of sp³-hybridized carbons (Fsp3) is 0.333. The first kappa shape index (κ1) is 20.5. The summed E-state index contributed by atoms with van der Waals surface area (Å²) in [6, 6.07) is 15.9. The molecule has 3 aromatic rings. The van der Waals surface area contributed by atoms with E-state index >= 15 is 0 Å². The van der Waals surface area contributed by atoms with Gasteiger partial charge in [-0.3, -0.25) is 4.79 Å². The van der Waals surface area contributed by atoms with Crippen molar-refractivity contribution in [3.8, 4) is 5.75 Å². The molecule has 4 rings (SSSR count). The second kappa shape index (κ2) is 8.96. The molecule has 30 heavy (non-hydrogen) atoms. The van der Waals surface area contributed by atoms with Crippen LogP contribution in [0.15, 0.2) is 57.9 Å². The Morgan fingerprint density at radius 2 is 1.97 bits per heavy atom. The van der Waals surface area contributed by atoms with Gasteiger partial charge in [0.1, 0.15) is 18.1 Å². The number of para-hydroxylation sites is 1. The van der Waals surface area contributed by atoms with E-state index in [1.807, 2.05) is 73.0 Å². The number of rotatable bonds is 5. The summed E-state index contributed by atoms with van der Waals surface area (Å²) in [5.74, 6) is 1.66. The lowest BCUT2D eigenvalue weighted by atomic mass is 10.1. The quantitative estimate of drug-likeness (QED) is 0.556. The normalized spacial score (nSPS) is 16.1. The van der Waals surface area contributed by atoms with Crippen molar-refractivity contribution in [1.82, 2.24) is 5.16 Å². The molecule has 0 saturated heterocycles. The van der Waals surface area contributed by atoms with E-state index in [9.17, 15) is 4.79 Å². The van der Waals surface area contributed by atoms with Gasteiger partial charge in [-0.05, 0) is 50.1 Å². The number of hydrogen-bond donors (Lipinski definition) is 0. The molecule has 6 heteroatoms. The lowest BCUT2D eigenvalue weighted by Crippen LogP contribution is -2.33. The second-order valence-electron chi connectivity index (χ2n) is 7.64. The second-order valence-corrected chi connectivity index (χ2v) is 9.12. The SMILES string of the molecule is Cc1noc(C)c1COc1ccc(CC(=O)N2CCC(C)Sc3ccccc32)cc1. The Balaban J connectivity index is 1.41. The number of fused-ring (bicyclic) bond motifs is 1. The molecular formula is C24H26N2O3S. The van der Waals surface area contributed by atoms with Crippen LogP contribution in [0.25, 0.3) is 0 Å². The number of carbonyl (C=O) groups is 1. The number of nitrogens with zero attached hydrogens (tertiary/aromatic N) is 2. The number of anilines is 1. The molecule has 2 heterocycles. The Hall–Kier alpha value is -2.73. The van der Waals surface area contributed by atoms with Crippen LogP contribution < -0.4 is 9.64 Å². The predicted molar refractivity (Wildman–Crippen MR) is 119 cm³/mol. The van der Waals surface area contributed by atoms with Gasteiger partial charge in [-0.1, -0.05) is 36.3 Å². The van der Waals surface area contributed by atoms with Gasteiger partial charge in [-0.25, -0.2) is 0 Å². The molecule has 1 amide bonds. The summed E-state index contributed by atoms with van der Waals surface area (Å²) in [6.45, 7) is 7.18. The van der Waals surface area contributed by atoms with Crippen molar-refractivity contribution in [1.29, 1.82) is 0 Å². The smallest absolute Gasteiger partial charge is 0.231 e. The average Bonchev–Trinajstić information content (AvgIpc) is 2.95. The van der Waals surface area contributed by atoms with Gasteiger partial charge in [0.15, 0.2) is 0 Å². The highest BCUT2D eigenvalue weighted by Gasteiger charge is 2.24. The Kier molecular flexibility index (Phi) is 6.13. The third kappa shape index (κ3) is 4.54. The lowest BCUT2D eigenvalue weighted by molar-refractivity contribution is -0.118. The Morgan fingerprint density at radius 1 is 1.20 bits per heavy atom. The summed E-state index contributed by atoms with van der Waals surface area (Å²) in [4.78, 5) is 16.2. The number of ether oxygens (including phenoxy) is 1. The van der Waals surface area contributed by atoms with Crippen molar-refractivity contribution in [2.24, 2.45) is 0 Å². The van der Waals surface area contributed by atoms with Crippen LogP contribution in [0.1, 0.15) is 35.9 Å². The van der Waals surface area contributed by atoms with E-state index in [4.69, 9.17) is 9.26 Å². The Labute approximate surface area is 181 Å². The number of aromatic nitrogens is 1. The summed E-state index contributed by atoms with van der Waals surface area (Å²) in [7, 11) is 0. The van der Waals surface area contributed by atoms with Gasteiger partial charge in [-0.15, -0.1) is 11.8 Å². The number of benzene rings is 2. The first-order valence-electron chi connectivity index (χ1n) is 10.2. The summed E-state index contributed by atoms with van der Waals surface area (Å²) in [6.07, 6.45) is 1.36. The van der Waals surface area contributed by atoms with Crippen LogP contribution in [-0.2, 0) is 17.8 Å². The van der Waals surface area contributed by atoms with Crippen molar-refractivity contribution in [3.63, 3.8) is 0 Å². The fourth-order valence-electron chi connectivity index (χ4n) is 3.58. The highest BCUT2D eigenvalue weighted by atomic mass is 32.2. The van der Waals surface area contributed by atoms with Crippen LogP contribution in [0.5, 0.6) is 5.75 Å². The molecule has 0 N–H and O–H groups in total. The van der Waals surface area contributed by atoms with Crippen molar-refractivity contribution in [2.45, 2.75) is 50.4 Å². The third-order valence-corrected chi connectivity index (χ3v) is 6.62. The summed E-state index contributed by atoms with van der Waals surface area (Å²) in [5, 5.41) is 4.45. The standard InChI is InChI=1S/C24H26N2O3S/c1-16-12-13-26(22-6-4-5-7-23(22)30-16)24(27)14-19-8-10-20(11-9-19)28-15-21-17(2)25-29-18(21)3/h4-11,16H,12-15H2,1-3H3. The zero-order valence-corrected chi connectivity index (χ0v) is 18.4. The number of aryl methyl sites for hydroxylation is 2. The number of hydrogen-bond acceptors (Lipinski definition) is 5. The molecule has 1 aromatic heterocycles. The Morgan fingerprint density at radius 3 is 2.70 bits per heavy atom. The minimum absolute atomic E-state index is 0.126. The maximum Gasteiger partial charge on any atom is 0.231 e. The predicted octanol–water partition coefficient (Wildman–Crippen LogP) is 5.33. The molecule has 0 aliphatic carbocycles. The molecule has 0 radical (unpaired) electrons. The van der Waals surface area contributed by atoms with E-state index in [-0.39, 0.29) is 5.91 Å². The largest absolute Gasteiger partial charge is 0.489 e. The molecule has 1 unspecified atom stereocenters. The van der Waals surface area contributed by atoms with E-state index in [1.54, 1.807) is 0 Å². The maximum absolute atomic E-state index is 13.1. The van der Waals surface area contributed by atoms with Gasteiger partial charge in [0, 0.05) is 16.7 Å². The minimum Gasteiger partial charge on any atom is -0.489 e. The zero-order chi connectivity index (χ0) is 21.1. The zero-order valence-electron chi connectivity index (χ0n) is 17.6. The van der Waals surface area contributed by atoms with E-state index < -0.39 is 0 Å². The highest BCUT2D eigenvalue weighted by molar-refractivity contribution is 8.00. The average molecular weight is 423 g/mol. The summed E-state index contributed by atoms with van der Waals surface area (Å²) >= 11 is 1.85. The van der Waals surface area contributed by atoms with Gasteiger partial charge in [0.05, 0.1) is 23.4 Å². The lowest BCUT2D eigenvalue weighted by Gasteiger charge is -2.22. The van der Waals surface area contributed by atoms with Gasteiger partial charge >= 0.3 is 0 Å². The topological polar surface area (TPSA) is 55.6 Å². The third-order valence-electron chi connectivity index (χ3n) is 5.39. The van der Waals surface area contributed by atoms with Crippen LogP contribution >= 0.6 is 11.8 Å². The van der Waals surface area contributed by atoms with Crippen LogP contribution in [0.2, 0.25) is 0 Å². The first-order chi connectivity index (χ1) is 14.5. The molecule has 2 aromatic carbocycles. The van der Waals surface area contributed by atoms with Gasteiger partial charge in [0.25, 0.3) is 0 Å². The van der Waals surface area contributed by atoms with Crippen molar-refractivity contribution >= 4 is 23.4 Å². The van der Waals surface area contributed by atoms with Crippen LogP contribution in [0, 0.1) is 13.8 Å². The van der Waals surface area contributed by atoms with Crippen molar-refractivity contribution < 1.29 is 14.1 Å². The molecule has 0 fully saturated rings. The maximum atomic E-state index is 13.1. The summed E-state index contributed by atoms with van der Waals surface area (Å²) < 4.78 is 11.0. The van der Waals surface area contributed by atoms with Gasteiger partial charge < -0.3 is 14.2 Å². The van der Waals surface area contributed by atoms with Crippen molar-refractivity contribution in [2.75, 3.05) is 11.4 Å². The molecule has 5 nitrogen and oxygen atoms in total. The molecule has 0 spiro atoms. The monoisotopic (exact) mass is 422 g/mol. The molecular weight excluding hydrogens is 396 g/mol. The molecule has 1 aliphatic rings. The molecule has 1 aliphatic heterocycles. The molecule has 156 valence electrons. The first-order valence-corrected chi connectivity index (χ1v) is 11.1. The number of thioether (sulfide) groups is 1. The van der Waals surface area contributed by atoms with E-state index in [0.717, 1.165) is 47.0 Å². The minimum atomic E-state index is 0.126. The summed E-state index contributed by atoms with van der Waals surface area (Å²) in [5.41, 5.74) is 3.82. The molecule has 1 atom stereocenters. The van der Waals surface area contributed by atoms with E-state index in [2.05, 4.69) is 18.1 Å². The van der Waals surface area contributed by atoms with E-state index in [1.165, 1.54) is 4.90 Å². The van der Waals surface area contributed by atoms with Gasteiger partial charge in [0.2, 0.25) is 5.91 Å². The number of amides is 1. The molecule has 0 saturated carbocycles. The van der Waals surface area contributed by atoms with Crippen LogP contribution in [-0.4, -0.2) is 22.9 Å². The van der Waals surface area contributed by atoms with E-state index in [0.29, 0.717) is 18.3 Å². The van der Waals surface area contributed by atoms with Crippen LogP contribution in [0.3, 0.4) is 0 Å². The Bertz CT molecular complexity index is 1010. The highest BCUT2D eigenvalue weighted by Crippen LogP contribution is 2.37. The number of carbonyl (C=O) groups excluding carboxylic acids is 1.